The second kappa shape index (κ2) is 6.12. The summed E-state index contributed by atoms with van der Waals surface area (Å²) in [6, 6.07) is 10.4. The second-order valence-corrected chi connectivity index (χ2v) is 6.00. The average molecular weight is 235 g/mol. The Balaban J connectivity index is 2.26. The van der Waals surface area contributed by atoms with E-state index < -0.39 is 0 Å². The molecule has 0 bridgehead atoms. The molecule has 0 aliphatic carbocycles. The molecule has 88 valence electrons. The van der Waals surface area contributed by atoms with E-state index in [-0.39, 0.29) is 5.54 Å². The van der Waals surface area contributed by atoms with Crippen molar-refractivity contribution in [2.75, 3.05) is 12.3 Å². The van der Waals surface area contributed by atoms with Gasteiger partial charge in [0.25, 0.3) is 0 Å². The normalized spacial score (nSPS) is 11.4. The van der Waals surface area contributed by atoms with Crippen LogP contribution in [0.5, 0.6) is 0 Å². The van der Waals surface area contributed by atoms with E-state index in [0.717, 1.165) is 12.3 Å². The molecular formula is C14H21NS. The second-order valence-electron chi connectivity index (χ2n) is 4.96. The van der Waals surface area contributed by atoms with Gasteiger partial charge >= 0.3 is 0 Å². The topological polar surface area (TPSA) is 12.0 Å². The molecule has 0 amide bonds. The van der Waals surface area contributed by atoms with Crippen LogP contribution >= 0.6 is 11.8 Å². The van der Waals surface area contributed by atoms with Crippen molar-refractivity contribution < 1.29 is 0 Å². The number of rotatable bonds is 5. The van der Waals surface area contributed by atoms with Gasteiger partial charge in [0.2, 0.25) is 0 Å². The Morgan fingerprint density at radius 2 is 1.88 bits per heavy atom. The van der Waals surface area contributed by atoms with Crippen molar-refractivity contribution in [2.45, 2.75) is 31.2 Å². The molecule has 1 aromatic carbocycles. The van der Waals surface area contributed by atoms with E-state index >= 15 is 0 Å². The first-order valence-electron chi connectivity index (χ1n) is 5.57. The lowest BCUT2D eigenvalue weighted by molar-refractivity contribution is 0.445. The highest BCUT2D eigenvalue weighted by molar-refractivity contribution is 7.99. The van der Waals surface area contributed by atoms with E-state index in [1.807, 2.05) is 17.8 Å². The van der Waals surface area contributed by atoms with Crippen molar-refractivity contribution in [3.63, 3.8) is 0 Å². The number of hydrogen-bond acceptors (Lipinski definition) is 2. The lowest BCUT2D eigenvalue weighted by Gasteiger charge is -2.21. The number of hydrogen-bond donors (Lipinski definition) is 1. The maximum atomic E-state index is 4.09. The highest BCUT2D eigenvalue weighted by atomic mass is 32.2. The van der Waals surface area contributed by atoms with E-state index in [1.54, 1.807) is 0 Å². The van der Waals surface area contributed by atoms with Crippen LogP contribution in [0.25, 0.3) is 0 Å². The Hall–Kier alpha value is -0.730. The summed E-state index contributed by atoms with van der Waals surface area (Å²) < 4.78 is 0. The molecule has 0 aliphatic rings. The lowest BCUT2D eigenvalue weighted by Crippen LogP contribution is -2.37. The number of benzene rings is 1. The van der Waals surface area contributed by atoms with Crippen LogP contribution in [-0.2, 0) is 0 Å². The maximum absolute atomic E-state index is 4.09. The molecule has 0 heterocycles. The van der Waals surface area contributed by atoms with Crippen LogP contribution in [0.1, 0.15) is 20.8 Å². The molecule has 0 aliphatic heterocycles. The van der Waals surface area contributed by atoms with E-state index in [4.69, 9.17) is 0 Å². The minimum absolute atomic E-state index is 0.167. The lowest BCUT2D eigenvalue weighted by atomic mass is 10.1. The molecule has 0 spiro atoms. The molecule has 1 rings (SSSR count). The van der Waals surface area contributed by atoms with Gasteiger partial charge in [-0.2, -0.15) is 0 Å². The van der Waals surface area contributed by atoms with Gasteiger partial charge in [-0.25, -0.2) is 0 Å². The fraction of sp³-hybridized carbons (Fsp3) is 0.429. The van der Waals surface area contributed by atoms with Gasteiger partial charge in [-0.3, -0.25) is 0 Å². The van der Waals surface area contributed by atoms with Gasteiger partial charge in [0.15, 0.2) is 0 Å². The van der Waals surface area contributed by atoms with Crippen molar-refractivity contribution >= 4 is 11.8 Å². The standard InChI is InChI=1S/C14H21NS/c1-12(10-15-14(2,3)4)11-16-13-8-6-5-7-9-13/h5-9,15H,1,10-11H2,2-4H3. The summed E-state index contributed by atoms with van der Waals surface area (Å²) in [5, 5.41) is 3.45. The van der Waals surface area contributed by atoms with Gasteiger partial charge in [-0.05, 0) is 32.9 Å². The zero-order chi connectivity index (χ0) is 12.0. The van der Waals surface area contributed by atoms with Gasteiger partial charge in [0, 0.05) is 22.7 Å². The van der Waals surface area contributed by atoms with Gasteiger partial charge in [-0.15, -0.1) is 11.8 Å². The van der Waals surface area contributed by atoms with Crippen molar-refractivity contribution in [2.24, 2.45) is 0 Å². The summed E-state index contributed by atoms with van der Waals surface area (Å²) in [5.41, 5.74) is 1.41. The predicted octanol–water partition coefficient (Wildman–Crippen LogP) is 3.72. The Morgan fingerprint density at radius 3 is 2.44 bits per heavy atom. The van der Waals surface area contributed by atoms with Crippen molar-refractivity contribution in [3.05, 3.63) is 42.5 Å². The Morgan fingerprint density at radius 1 is 1.25 bits per heavy atom. The molecule has 1 nitrogen and oxygen atoms in total. The number of thioether (sulfide) groups is 1. The first kappa shape index (κ1) is 13.3. The molecule has 0 saturated heterocycles. The molecule has 0 atom stereocenters. The van der Waals surface area contributed by atoms with E-state index in [1.165, 1.54) is 10.5 Å². The van der Waals surface area contributed by atoms with E-state index in [9.17, 15) is 0 Å². The highest BCUT2D eigenvalue weighted by Crippen LogP contribution is 2.19. The predicted molar refractivity (Wildman–Crippen MR) is 74.1 cm³/mol. The van der Waals surface area contributed by atoms with Gasteiger partial charge < -0.3 is 5.32 Å². The zero-order valence-electron chi connectivity index (χ0n) is 10.4. The van der Waals surface area contributed by atoms with Crippen molar-refractivity contribution in [1.82, 2.24) is 5.32 Å². The molecule has 1 aromatic rings. The molecule has 0 aromatic heterocycles. The van der Waals surface area contributed by atoms with Crippen LogP contribution in [0.2, 0.25) is 0 Å². The monoisotopic (exact) mass is 235 g/mol. The largest absolute Gasteiger partial charge is 0.308 e. The smallest absolute Gasteiger partial charge is 0.0200 e. The molecule has 0 unspecified atom stereocenters. The summed E-state index contributed by atoms with van der Waals surface area (Å²) >= 11 is 1.84. The summed E-state index contributed by atoms with van der Waals surface area (Å²) in [6.45, 7) is 11.5. The fourth-order valence-corrected chi connectivity index (χ4v) is 1.97. The van der Waals surface area contributed by atoms with Crippen LogP contribution in [0.3, 0.4) is 0 Å². The summed E-state index contributed by atoms with van der Waals surface area (Å²) in [6.07, 6.45) is 0. The minimum atomic E-state index is 0.167. The highest BCUT2D eigenvalue weighted by Gasteiger charge is 2.08. The summed E-state index contributed by atoms with van der Waals surface area (Å²) in [5.74, 6) is 0.979. The van der Waals surface area contributed by atoms with Crippen molar-refractivity contribution in [3.8, 4) is 0 Å². The van der Waals surface area contributed by atoms with E-state index in [2.05, 4.69) is 56.9 Å². The van der Waals surface area contributed by atoms with Crippen LogP contribution < -0.4 is 5.32 Å². The third-order valence-corrected chi connectivity index (χ3v) is 3.21. The summed E-state index contributed by atoms with van der Waals surface area (Å²) in [4.78, 5) is 1.31. The van der Waals surface area contributed by atoms with Crippen LogP contribution in [0.4, 0.5) is 0 Å². The Bertz CT molecular complexity index is 324. The Kier molecular flexibility index (Phi) is 5.10. The SMILES string of the molecule is C=C(CNC(C)(C)C)CSc1ccccc1. The molecular weight excluding hydrogens is 214 g/mol. The van der Waals surface area contributed by atoms with Crippen LogP contribution in [0.15, 0.2) is 47.4 Å². The third-order valence-electron chi connectivity index (χ3n) is 2.05. The average Bonchev–Trinajstić information content (AvgIpc) is 2.24. The maximum Gasteiger partial charge on any atom is 0.0200 e. The third kappa shape index (κ3) is 5.99. The van der Waals surface area contributed by atoms with Crippen LogP contribution in [0, 0.1) is 0 Å². The molecule has 16 heavy (non-hydrogen) atoms. The van der Waals surface area contributed by atoms with E-state index in [0.29, 0.717) is 0 Å². The molecule has 2 heteroatoms. The fourth-order valence-electron chi connectivity index (χ4n) is 1.14. The molecule has 0 saturated carbocycles. The van der Waals surface area contributed by atoms with Crippen molar-refractivity contribution in [1.29, 1.82) is 0 Å². The Labute approximate surface area is 103 Å². The molecule has 1 N–H and O–H groups in total. The quantitative estimate of drug-likeness (QED) is 0.616. The first-order chi connectivity index (χ1) is 7.47. The molecule has 0 radical (unpaired) electrons. The molecule has 0 fully saturated rings. The first-order valence-corrected chi connectivity index (χ1v) is 6.55. The van der Waals surface area contributed by atoms with Gasteiger partial charge in [-0.1, -0.05) is 30.4 Å². The van der Waals surface area contributed by atoms with Gasteiger partial charge in [0.1, 0.15) is 0 Å². The number of nitrogens with one attached hydrogen (secondary N) is 1. The zero-order valence-corrected chi connectivity index (χ0v) is 11.2. The summed E-state index contributed by atoms with van der Waals surface area (Å²) in [7, 11) is 0. The van der Waals surface area contributed by atoms with Crippen LogP contribution in [-0.4, -0.2) is 17.8 Å². The minimum Gasteiger partial charge on any atom is -0.308 e. The van der Waals surface area contributed by atoms with Gasteiger partial charge in [0.05, 0.1) is 0 Å².